The summed E-state index contributed by atoms with van der Waals surface area (Å²) in [7, 11) is 0. The van der Waals surface area contributed by atoms with Gasteiger partial charge in [-0.25, -0.2) is 9.66 Å². The standard InChI is InChI=1S/C10H11N3S/c1-2-7-6-8-4-3-5-12-9(8)13(11)10(7)14/h3-6H,2,11H2,1H3. The topological polar surface area (TPSA) is 43.8 Å². The number of pyridine rings is 2. The van der Waals surface area contributed by atoms with Crippen molar-refractivity contribution < 1.29 is 0 Å². The predicted octanol–water partition coefficient (Wildman–Crippen LogP) is 2.04. The van der Waals surface area contributed by atoms with Crippen LogP contribution in [0.25, 0.3) is 11.0 Å². The van der Waals surface area contributed by atoms with Crippen LogP contribution in [0.5, 0.6) is 0 Å². The van der Waals surface area contributed by atoms with Crippen LogP contribution in [-0.2, 0) is 6.42 Å². The molecule has 2 N–H and O–H groups in total. The van der Waals surface area contributed by atoms with Gasteiger partial charge in [-0.2, -0.15) is 0 Å². The van der Waals surface area contributed by atoms with Crippen molar-refractivity contribution in [1.29, 1.82) is 0 Å². The van der Waals surface area contributed by atoms with Crippen LogP contribution in [0.15, 0.2) is 24.4 Å². The zero-order chi connectivity index (χ0) is 10.1. The quantitative estimate of drug-likeness (QED) is 0.572. The molecule has 0 amide bonds. The molecule has 2 heterocycles. The van der Waals surface area contributed by atoms with E-state index in [1.807, 2.05) is 18.2 Å². The van der Waals surface area contributed by atoms with E-state index in [0.29, 0.717) is 4.64 Å². The van der Waals surface area contributed by atoms with Crippen LogP contribution < -0.4 is 5.84 Å². The maximum Gasteiger partial charge on any atom is 0.159 e. The van der Waals surface area contributed by atoms with Crippen LogP contribution in [0.4, 0.5) is 0 Å². The molecule has 0 aliphatic carbocycles. The summed E-state index contributed by atoms with van der Waals surface area (Å²) in [5.74, 6) is 5.84. The lowest BCUT2D eigenvalue weighted by atomic mass is 10.2. The number of nitrogens with two attached hydrogens (primary N) is 1. The maximum absolute atomic E-state index is 5.84. The van der Waals surface area contributed by atoms with E-state index in [0.717, 1.165) is 23.0 Å². The number of aromatic nitrogens is 2. The van der Waals surface area contributed by atoms with Crippen molar-refractivity contribution >= 4 is 23.3 Å². The van der Waals surface area contributed by atoms with Gasteiger partial charge in [-0.1, -0.05) is 19.1 Å². The van der Waals surface area contributed by atoms with Crippen LogP contribution in [0.3, 0.4) is 0 Å². The molecule has 2 aromatic heterocycles. The van der Waals surface area contributed by atoms with Crippen molar-refractivity contribution in [3.63, 3.8) is 0 Å². The Kier molecular flexibility index (Phi) is 2.21. The first-order chi connectivity index (χ1) is 6.74. The van der Waals surface area contributed by atoms with Crippen LogP contribution in [-0.4, -0.2) is 9.66 Å². The molecular formula is C10H11N3S. The van der Waals surface area contributed by atoms with Gasteiger partial charge in [0.05, 0.1) is 0 Å². The summed E-state index contributed by atoms with van der Waals surface area (Å²) in [6.07, 6.45) is 2.60. The Balaban J connectivity index is 2.92. The summed E-state index contributed by atoms with van der Waals surface area (Å²) in [5.41, 5.74) is 1.82. The van der Waals surface area contributed by atoms with Gasteiger partial charge in [0.2, 0.25) is 0 Å². The van der Waals surface area contributed by atoms with Crippen molar-refractivity contribution in [2.24, 2.45) is 0 Å². The number of nitrogens with zero attached hydrogens (tertiary/aromatic N) is 2. The number of nitrogen functional groups attached to an aromatic ring is 1. The molecule has 14 heavy (non-hydrogen) atoms. The third-order valence-electron chi connectivity index (χ3n) is 2.25. The van der Waals surface area contributed by atoms with Gasteiger partial charge in [0, 0.05) is 11.6 Å². The van der Waals surface area contributed by atoms with E-state index >= 15 is 0 Å². The monoisotopic (exact) mass is 205 g/mol. The third kappa shape index (κ3) is 1.28. The first kappa shape index (κ1) is 9.15. The fourth-order valence-electron chi connectivity index (χ4n) is 1.48. The second-order valence-corrected chi connectivity index (χ2v) is 3.50. The first-order valence-electron chi connectivity index (χ1n) is 4.48. The summed E-state index contributed by atoms with van der Waals surface area (Å²) in [4.78, 5) is 4.19. The molecule has 0 atom stereocenters. The van der Waals surface area contributed by atoms with E-state index in [1.54, 1.807) is 6.20 Å². The second kappa shape index (κ2) is 3.38. The average molecular weight is 205 g/mol. The molecule has 0 fully saturated rings. The molecule has 3 nitrogen and oxygen atoms in total. The Morgan fingerprint density at radius 1 is 1.57 bits per heavy atom. The van der Waals surface area contributed by atoms with Gasteiger partial charge in [-0.05, 0) is 30.2 Å². The Hall–Kier alpha value is -1.42. The number of hydrogen-bond donors (Lipinski definition) is 1. The second-order valence-electron chi connectivity index (χ2n) is 3.11. The zero-order valence-electron chi connectivity index (χ0n) is 7.90. The number of aryl methyl sites for hydroxylation is 1. The van der Waals surface area contributed by atoms with Gasteiger partial charge in [0.15, 0.2) is 5.65 Å². The smallest absolute Gasteiger partial charge is 0.159 e. The lowest BCUT2D eigenvalue weighted by Gasteiger charge is -2.07. The van der Waals surface area contributed by atoms with Crippen LogP contribution in [0.2, 0.25) is 0 Å². The fourth-order valence-corrected chi connectivity index (χ4v) is 1.77. The van der Waals surface area contributed by atoms with E-state index < -0.39 is 0 Å². The minimum Gasteiger partial charge on any atom is -0.336 e. The molecule has 0 aromatic carbocycles. The van der Waals surface area contributed by atoms with Crippen molar-refractivity contribution in [2.75, 3.05) is 5.84 Å². The minimum absolute atomic E-state index is 0.665. The Morgan fingerprint density at radius 2 is 2.36 bits per heavy atom. The zero-order valence-corrected chi connectivity index (χ0v) is 8.71. The highest BCUT2D eigenvalue weighted by Crippen LogP contribution is 2.14. The maximum atomic E-state index is 5.84. The van der Waals surface area contributed by atoms with E-state index in [2.05, 4.69) is 11.9 Å². The van der Waals surface area contributed by atoms with Gasteiger partial charge in [0.25, 0.3) is 0 Å². The van der Waals surface area contributed by atoms with Crippen LogP contribution >= 0.6 is 12.2 Å². The summed E-state index contributed by atoms with van der Waals surface area (Å²) < 4.78 is 2.14. The molecule has 0 saturated carbocycles. The highest BCUT2D eigenvalue weighted by molar-refractivity contribution is 7.71. The van der Waals surface area contributed by atoms with Crippen molar-refractivity contribution in [1.82, 2.24) is 9.66 Å². The largest absolute Gasteiger partial charge is 0.336 e. The van der Waals surface area contributed by atoms with E-state index in [-0.39, 0.29) is 0 Å². The Bertz CT molecular complexity index is 530. The number of hydrogen-bond acceptors (Lipinski definition) is 3. The molecule has 0 unspecified atom stereocenters. The molecule has 0 aliphatic rings. The summed E-state index contributed by atoms with van der Waals surface area (Å²) in [5, 5.41) is 1.03. The highest BCUT2D eigenvalue weighted by Gasteiger charge is 2.02. The van der Waals surface area contributed by atoms with Crippen molar-refractivity contribution in [3.8, 4) is 0 Å². The Labute approximate surface area is 87.2 Å². The molecule has 0 aliphatic heterocycles. The fraction of sp³-hybridized carbons (Fsp3) is 0.200. The van der Waals surface area contributed by atoms with E-state index in [9.17, 15) is 0 Å². The van der Waals surface area contributed by atoms with Gasteiger partial charge >= 0.3 is 0 Å². The number of fused-ring (bicyclic) bond motifs is 1. The van der Waals surface area contributed by atoms with Crippen LogP contribution in [0, 0.1) is 4.64 Å². The first-order valence-corrected chi connectivity index (χ1v) is 4.89. The minimum atomic E-state index is 0.665. The number of rotatable bonds is 1. The molecule has 4 heteroatoms. The molecular weight excluding hydrogens is 194 g/mol. The summed E-state index contributed by atoms with van der Waals surface area (Å²) >= 11 is 5.22. The highest BCUT2D eigenvalue weighted by atomic mass is 32.1. The molecule has 0 saturated heterocycles. The average Bonchev–Trinajstić information content (AvgIpc) is 2.23. The summed E-state index contributed by atoms with van der Waals surface area (Å²) in [6.45, 7) is 2.06. The van der Waals surface area contributed by atoms with Crippen molar-refractivity contribution in [3.05, 3.63) is 34.6 Å². The lowest BCUT2D eigenvalue weighted by Crippen LogP contribution is -2.13. The molecule has 2 rings (SSSR count). The van der Waals surface area contributed by atoms with Gasteiger partial charge in [-0.3, -0.25) is 0 Å². The van der Waals surface area contributed by atoms with E-state index in [1.165, 1.54) is 4.68 Å². The molecule has 2 aromatic rings. The normalized spacial score (nSPS) is 10.6. The molecule has 72 valence electrons. The summed E-state index contributed by atoms with van der Waals surface area (Å²) in [6, 6.07) is 5.93. The third-order valence-corrected chi connectivity index (χ3v) is 2.71. The lowest BCUT2D eigenvalue weighted by molar-refractivity contribution is 0.957. The molecule has 0 radical (unpaired) electrons. The molecule has 0 spiro atoms. The predicted molar refractivity (Wildman–Crippen MR) is 60.1 cm³/mol. The molecule has 0 bridgehead atoms. The Morgan fingerprint density at radius 3 is 3.07 bits per heavy atom. The SMILES string of the molecule is CCc1cc2cccnc2n(N)c1=S. The van der Waals surface area contributed by atoms with Gasteiger partial charge in [0.1, 0.15) is 4.64 Å². The van der Waals surface area contributed by atoms with Crippen LogP contribution in [0.1, 0.15) is 12.5 Å². The van der Waals surface area contributed by atoms with E-state index in [4.69, 9.17) is 18.1 Å². The van der Waals surface area contributed by atoms with Crippen molar-refractivity contribution in [2.45, 2.75) is 13.3 Å². The van der Waals surface area contributed by atoms with Gasteiger partial charge < -0.3 is 5.84 Å². The van der Waals surface area contributed by atoms with Gasteiger partial charge in [-0.15, -0.1) is 0 Å².